The van der Waals surface area contributed by atoms with Crippen LogP contribution in [0.15, 0.2) is 47.2 Å². The summed E-state index contributed by atoms with van der Waals surface area (Å²) in [5, 5.41) is 1.15. The van der Waals surface area contributed by atoms with E-state index in [4.69, 9.17) is 4.98 Å². The third-order valence-electron chi connectivity index (χ3n) is 3.86. The van der Waals surface area contributed by atoms with Crippen LogP contribution in [0.5, 0.6) is 0 Å². The van der Waals surface area contributed by atoms with Gasteiger partial charge in [0.25, 0.3) is 0 Å². The normalized spacial score (nSPS) is 11.0. The molecule has 0 atom stereocenters. The Kier molecular flexibility index (Phi) is 4.43. The predicted octanol–water partition coefficient (Wildman–Crippen LogP) is 4.03. The molecular weight excluding hydrogens is 340 g/mol. The number of aromatic nitrogens is 3. The number of anilines is 1. The average molecular weight is 359 g/mol. The molecule has 0 amide bonds. The second-order valence-electron chi connectivity index (χ2n) is 5.42. The van der Waals surface area contributed by atoms with Gasteiger partial charge in [-0.2, -0.15) is 0 Å². The summed E-state index contributed by atoms with van der Waals surface area (Å²) in [6, 6.07) is 10.3. The second-order valence-corrected chi connectivity index (χ2v) is 6.28. The molecule has 0 fully saturated rings. The first-order valence-corrected chi connectivity index (χ1v) is 8.18. The fourth-order valence-corrected chi connectivity index (χ4v) is 3.02. The van der Waals surface area contributed by atoms with Crippen LogP contribution in [0.2, 0.25) is 0 Å². The van der Waals surface area contributed by atoms with Crippen LogP contribution in [-0.4, -0.2) is 28.1 Å². The molecule has 0 saturated heterocycles. The van der Waals surface area contributed by atoms with Crippen LogP contribution in [0.3, 0.4) is 0 Å². The largest absolute Gasteiger partial charge is 0.360 e. The fourth-order valence-electron chi connectivity index (χ4n) is 2.55. The van der Waals surface area contributed by atoms with Gasteiger partial charge in [-0.25, -0.2) is 9.97 Å². The Morgan fingerprint density at radius 2 is 2.09 bits per heavy atom. The number of para-hydroxylation sites is 1. The quantitative estimate of drug-likeness (QED) is 0.690. The Balaban J connectivity index is 1.68. The van der Waals surface area contributed by atoms with Crippen molar-refractivity contribution in [1.82, 2.24) is 14.5 Å². The van der Waals surface area contributed by atoms with E-state index in [1.165, 1.54) is 0 Å². The SMILES string of the molecule is Cc1nccn1CCCN(C)c1ccc2cccc(Br)c2n1. The lowest BCUT2D eigenvalue weighted by atomic mass is 10.2. The van der Waals surface area contributed by atoms with E-state index in [1.54, 1.807) is 0 Å². The van der Waals surface area contributed by atoms with Gasteiger partial charge in [-0.3, -0.25) is 0 Å². The minimum Gasteiger partial charge on any atom is -0.360 e. The highest BCUT2D eigenvalue weighted by atomic mass is 79.9. The molecule has 22 heavy (non-hydrogen) atoms. The number of pyridine rings is 1. The van der Waals surface area contributed by atoms with Crippen LogP contribution in [0.25, 0.3) is 10.9 Å². The van der Waals surface area contributed by atoms with E-state index in [0.29, 0.717) is 0 Å². The van der Waals surface area contributed by atoms with E-state index in [2.05, 4.69) is 55.6 Å². The fraction of sp³-hybridized carbons (Fsp3) is 0.294. The number of hydrogen-bond acceptors (Lipinski definition) is 3. The second kappa shape index (κ2) is 6.48. The summed E-state index contributed by atoms with van der Waals surface area (Å²) in [6.07, 6.45) is 4.94. The highest BCUT2D eigenvalue weighted by Crippen LogP contribution is 2.24. The average Bonchev–Trinajstić information content (AvgIpc) is 2.93. The van der Waals surface area contributed by atoms with Crippen LogP contribution in [-0.2, 0) is 6.54 Å². The van der Waals surface area contributed by atoms with E-state index >= 15 is 0 Å². The monoisotopic (exact) mass is 358 g/mol. The zero-order chi connectivity index (χ0) is 15.5. The number of aryl methyl sites for hydroxylation is 2. The van der Waals surface area contributed by atoms with Gasteiger partial charge in [0.2, 0.25) is 0 Å². The highest BCUT2D eigenvalue weighted by Gasteiger charge is 2.06. The van der Waals surface area contributed by atoms with Gasteiger partial charge in [-0.15, -0.1) is 0 Å². The van der Waals surface area contributed by atoms with Crippen LogP contribution in [0, 0.1) is 6.92 Å². The van der Waals surface area contributed by atoms with Crippen LogP contribution < -0.4 is 4.90 Å². The lowest BCUT2D eigenvalue weighted by Gasteiger charge is -2.19. The van der Waals surface area contributed by atoms with Crippen LogP contribution in [0.4, 0.5) is 5.82 Å². The molecule has 0 bridgehead atoms. The molecule has 5 heteroatoms. The molecule has 114 valence electrons. The molecule has 0 saturated carbocycles. The molecule has 1 aromatic carbocycles. The van der Waals surface area contributed by atoms with E-state index in [0.717, 1.165) is 46.5 Å². The first-order chi connectivity index (χ1) is 10.6. The molecule has 0 radical (unpaired) electrons. The maximum absolute atomic E-state index is 4.77. The van der Waals surface area contributed by atoms with E-state index in [-0.39, 0.29) is 0 Å². The van der Waals surface area contributed by atoms with Gasteiger partial charge in [0.05, 0.1) is 5.52 Å². The topological polar surface area (TPSA) is 34.0 Å². The lowest BCUT2D eigenvalue weighted by molar-refractivity contribution is 0.621. The van der Waals surface area contributed by atoms with Crippen molar-refractivity contribution in [1.29, 1.82) is 0 Å². The van der Waals surface area contributed by atoms with Crippen molar-refractivity contribution < 1.29 is 0 Å². The van der Waals surface area contributed by atoms with Gasteiger partial charge in [-0.1, -0.05) is 12.1 Å². The molecule has 2 heterocycles. The summed E-state index contributed by atoms with van der Waals surface area (Å²) in [5.74, 6) is 2.07. The van der Waals surface area contributed by atoms with Gasteiger partial charge in [0.15, 0.2) is 0 Å². The first kappa shape index (κ1) is 15.0. The third-order valence-corrected chi connectivity index (χ3v) is 4.50. The van der Waals surface area contributed by atoms with Crippen molar-refractivity contribution >= 4 is 32.7 Å². The van der Waals surface area contributed by atoms with E-state index in [1.807, 2.05) is 31.5 Å². The number of hydrogen-bond donors (Lipinski definition) is 0. The smallest absolute Gasteiger partial charge is 0.129 e. The van der Waals surface area contributed by atoms with Crippen molar-refractivity contribution in [2.24, 2.45) is 0 Å². The summed E-state index contributed by atoms with van der Waals surface area (Å²) in [5.41, 5.74) is 1.01. The molecule has 0 aliphatic carbocycles. The van der Waals surface area contributed by atoms with Gasteiger partial charge in [0, 0.05) is 42.4 Å². The number of benzene rings is 1. The van der Waals surface area contributed by atoms with Crippen molar-refractivity contribution in [3.8, 4) is 0 Å². The Morgan fingerprint density at radius 3 is 2.86 bits per heavy atom. The van der Waals surface area contributed by atoms with Crippen molar-refractivity contribution in [3.63, 3.8) is 0 Å². The molecule has 3 rings (SSSR count). The Labute approximate surface area is 138 Å². The molecule has 4 nitrogen and oxygen atoms in total. The predicted molar refractivity (Wildman–Crippen MR) is 94.3 cm³/mol. The molecule has 0 aliphatic heterocycles. The highest BCUT2D eigenvalue weighted by molar-refractivity contribution is 9.10. The summed E-state index contributed by atoms with van der Waals surface area (Å²) >= 11 is 3.58. The number of rotatable bonds is 5. The summed E-state index contributed by atoms with van der Waals surface area (Å²) in [7, 11) is 2.09. The van der Waals surface area contributed by atoms with Crippen LogP contribution in [0.1, 0.15) is 12.2 Å². The maximum atomic E-state index is 4.77. The standard InChI is InChI=1S/C17H19BrN4/c1-13-19-9-12-22(13)11-4-10-21(2)16-8-7-14-5-3-6-15(18)17(14)20-16/h3,5-9,12H,4,10-11H2,1-2H3. The zero-order valence-corrected chi connectivity index (χ0v) is 14.4. The van der Waals surface area contributed by atoms with Gasteiger partial charge in [-0.05, 0) is 47.5 Å². The molecule has 0 unspecified atom stereocenters. The Morgan fingerprint density at radius 1 is 1.23 bits per heavy atom. The van der Waals surface area contributed by atoms with Gasteiger partial charge >= 0.3 is 0 Å². The molecule has 2 aromatic heterocycles. The Bertz CT molecular complexity index is 781. The number of halogens is 1. The zero-order valence-electron chi connectivity index (χ0n) is 12.8. The minimum absolute atomic E-state index is 0.959. The summed E-state index contributed by atoms with van der Waals surface area (Å²) in [6.45, 7) is 3.97. The molecule has 0 N–H and O–H groups in total. The molecule has 0 spiro atoms. The molecule has 3 aromatic rings. The number of nitrogens with zero attached hydrogens (tertiary/aromatic N) is 4. The summed E-state index contributed by atoms with van der Waals surface area (Å²) in [4.78, 5) is 11.2. The van der Waals surface area contributed by atoms with E-state index < -0.39 is 0 Å². The lowest BCUT2D eigenvalue weighted by Crippen LogP contribution is -2.21. The van der Waals surface area contributed by atoms with Crippen molar-refractivity contribution in [2.45, 2.75) is 19.9 Å². The van der Waals surface area contributed by atoms with E-state index in [9.17, 15) is 0 Å². The first-order valence-electron chi connectivity index (χ1n) is 7.39. The minimum atomic E-state index is 0.959. The number of imidazole rings is 1. The van der Waals surface area contributed by atoms with Crippen LogP contribution >= 0.6 is 15.9 Å². The van der Waals surface area contributed by atoms with Crippen molar-refractivity contribution in [2.75, 3.05) is 18.5 Å². The molecular formula is C17H19BrN4. The van der Waals surface area contributed by atoms with Gasteiger partial charge < -0.3 is 9.47 Å². The maximum Gasteiger partial charge on any atom is 0.129 e. The number of fused-ring (bicyclic) bond motifs is 1. The Hall–Kier alpha value is -1.88. The summed E-state index contributed by atoms with van der Waals surface area (Å²) < 4.78 is 3.22. The van der Waals surface area contributed by atoms with Crippen molar-refractivity contribution in [3.05, 3.63) is 53.0 Å². The third kappa shape index (κ3) is 3.14. The molecule has 0 aliphatic rings. The van der Waals surface area contributed by atoms with Gasteiger partial charge in [0.1, 0.15) is 11.6 Å².